The predicted molar refractivity (Wildman–Crippen MR) is 125 cm³/mol. The minimum atomic E-state index is -1.10. The number of nitrogens with one attached hydrogen (secondary N) is 1. The monoisotopic (exact) mass is 447 g/mol. The van der Waals surface area contributed by atoms with Crippen LogP contribution in [0, 0.1) is 12.8 Å². The minimum Gasteiger partial charge on any atom is -0.480 e. The summed E-state index contributed by atoms with van der Waals surface area (Å²) in [6, 6.07) is 12.4. The first-order valence-corrected chi connectivity index (χ1v) is 10.8. The zero-order chi connectivity index (χ0) is 23.7. The number of aliphatic carboxylic acids is 1. The lowest BCUT2D eigenvalue weighted by atomic mass is 9.99. The second-order valence-electron chi connectivity index (χ2n) is 8.62. The molecule has 0 fully saturated rings. The van der Waals surface area contributed by atoms with Crippen LogP contribution in [-0.2, 0) is 16.0 Å². The Morgan fingerprint density at radius 1 is 1.06 bits per heavy atom. The first-order valence-electron chi connectivity index (χ1n) is 10.8. The van der Waals surface area contributed by atoms with Crippen molar-refractivity contribution in [2.45, 2.75) is 39.7 Å². The maximum atomic E-state index is 12.7. The number of hydrogen-bond donors (Lipinski definition) is 2. The van der Waals surface area contributed by atoms with Crippen molar-refractivity contribution >= 4 is 33.8 Å². The summed E-state index contributed by atoms with van der Waals surface area (Å²) in [5.74, 6) is -1.54. The Hall–Kier alpha value is -3.87. The fourth-order valence-electron chi connectivity index (χ4n) is 4.05. The second kappa shape index (κ2) is 8.94. The fraction of sp³-hybridized carbons (Fsp3) is 0.269. The van der Waals surface area contributed by atoms with Crippen LogP contribution in [0.2, 0.25) is 0 Å². The van der Waals surface area contributed by atoms with Gasteiger partial charge in [-0.15, -0.1) is 0 Å². The normalized spacial score (nSPS) is 12.4. The molecule has 7 heteroatoms. The standard InChI is InChI=1S/C26H25NO6/c1-14(2)9-21(25(29)30)27-24(28)11-18-15(3)17-10-19-20(16-7-5-4-6-8-16)13-32-22(19)12-23(17)33-26(18)31/h4-8,10,12-14,21H,9,11H2,1-3H3,(H,27,28)(H,29,30). The molecular formula is C26H25NO6. The van der Waals surface area contributed by atoms with Crippen molar-refractivity contribution in [1.29, 1.82) is 0 Å². The molecule has 4 rings (SSSR count). The van der Waals surface area contributed by atoms with Gasteiger partial charge in [-0.1, -0.05) is 44.2 Å². The van der Waals surface area contributed by atoms with Crippen LogP contribution in [0.25, 0.3) is 33.1 Å². The Morgan fingerprint density at radius 3 is 2.45 bits per heavy atom. The van der Waals surface area contributed by atoms with Gasteiger partial charge in [-0.25, -0.2) is 9.59 Å². The molecule has 0 spiro atoms. The Morgan fingerprint density at radius 2 is 1.79 bits per heavy atom. The van der Waals surface area contributed by atoms with Gasteiger partial charge in [0.05, 0.1) is 18.2 Å². The van der Waals surface area contributed by atoms with Crippen molar-refractivity contribution in [3.63, 3.8) is 0 Å². The zero-order valence-corrected chi connectivity index (χ0v) is 18.7. The molecule has 0 saturated heterocycles. The number of benzene rings is 2. The van der Waals surface area contributed by atoms with E-state index in [2.05, 4.69) is 5.32 Å². The third-order valence-corrected chi connectivity index (χ3v) is 5.74. The molecule has 2 aromatic carbocycles. The first-order chi connectivity index (χ1) is 15.7. The van der Waals surface area contributed by atoms with E-state index in [1.807, 2.05) is 50.2 Å². The number of carbonyl (C=O) groups excluding carboxylic acids is 1. The molecule has 2 N–H and O–H groups in total. The summed E-state index contributed by atoms with van der Waals surface area (Å²) in [5, 5.41) is 13.5. The number of aryl methyl sites for hydroxylation is 1. The summed E-state index contributed by atoms with van der Waals surface area (Å²) in [6.45, 7) is 5.52. The number of carboxylic acids is 1. The van der Waals surface area contributed by atoms with Gasteiger partial charge in [-0.05, 0) is 36.5 Å². The molecular weight excluding hydrogens is 422 g/mol. The van der Waals surface area contributed by atoms with E-state index in [-0.39, 0.29) is 17.9 Å². The second-order valence-corrected chi connectivity index (χ2v) is 8.62. The molecule has 0 radical (unpaired) electrons. The summed E-state index contributed by atoms with van der Waals surface area (Å²) in [6.07, 6.45) is 1.70. The van der Waals surface area contributed by atoms with Crippen LogP contribution in [0.1, 0.15) is 31.4 Å². The van der Waals surface area contributed by atoms with E-state index in [9.17, 15) is 19.5 Å². The largest absolute Gasteiger partial charge is 0.480 e. The molecule has 1 amide bonds. The SMILES string of the molecule is Cc1c(CC(=O)NC(CC(C)C)C(=O)O)c(=O)oc2cc3occ(-c4ccccc4)c3cc12. The molecule has 0 bridgehead atoms. The number of fused-ring (bicyclic) bond motifs is 2. The number of carbonyl (C=O) groups is 2. The molecule has 0 aliphatic carbocycles. The maximum Gasteiger partial charge on any atom is 0.340 e. The van der Waals surface area contributed by atoms with Gasteiger partial charge in [0.2, 0.25) is 5.91 Å². The molecule has 1 atom stereocenters. The lowest BCUT2D eigenvalue weighted by Gasteiger charge is -2.16. The van der Waals surface area contributed by atoms with E-state index in [4.69, 9.17) is 8.83 Å². The van der Waals surface area contributed by atoms with E-state index in [1.165, 1.54) is 0 Å². The first kappa shape index (κ1) is 22.3. The van der Waals surface area contributed by atoms with Crippen LogP contribution >= 0.6 is 0 Å². The van der Waals surface area contributed by atoms with E-state index in [0.717, 1.165) is 16.5 Å². The average molecular weight is 447 g/mol. The average Bonchev–Trinajstić information content (AvgIpc) is 3.18. The zero-order valence-electron chi connectivity index (χ0n) is 18.7. The van der Waals surface area contributed by atoms with Gasteiger partial charge in [0.15, 0.2) is 0 Å². The van der Waals surface area contributed by atoms with Crippen LogP contribution in [-0.4, -0.2) is 23.0 Å². The lowest BCUT2D eigenvalue weighted by molar-refractivity contribution is -0.142. The molecule has 0 saturated carbocycles. The number of carboxylic acid groups (broad SMARTS) is 1. The van der Waals surface area contributed by atoms with Crippen LogP contribution < -0.4 is 10.9 Å². The van der Waals surface area contributed by atoms with Crippen LogP contribution in [0.5, 0.6) is 0 Å². The van der Waals surface area contributed by atoms with Crippen molar-refractivity contribution in [1.82, 2.24) is 5.32 Å². The highest BCUT2D eigenvalue weighted by atomic mass is 16.4. The fourth-order valence-corrected chi connectivity index (χ4v) is 4.05. The summed E-state index contributed by atoms with van der Waals surface area (Å²) in [7, 11) is 0. The van der Waals surface area contributed by atoms with Crippen molar-refractivity contribution in [2.75, 3.05) is 0 Å². The van der Waals surface area contributed by atoms with Crippen molar-refractivity contribution in [3.05, 3.63) is 70.3 Å². The van der Waals surface area contributed by atoms with Crippen molar-refractivity contribution in [3.8, 4) is 11.1 Å². The van der Waals surface area contributed by atoms with E-state index >= 15 is 0 Å². The Labute approximate surface area is 190 Å². The van der Waals surface area contributed by atoms with Crippen molar-refractivity contribution < 1.29 is 23.5 Å². The molecule has 0 aliphatic heterocycles. The number of furan rings is 1. The van der Waals surface area contributed by atoms with Gasteiger partial charge >= 0.3 is 11.6 Å². The minimum absolute atomic E-state index is 0.0926. The highest BCUT2D eigenvalue weighted by Crippen LogP contribution is 2.34. The molecule has 1 unspecified atom stereocenters. The summed E-state index contributed by atoms with van der Waals surface area (Å²) < 4.78 is 11.2. The van der Waals surface area contributed by atoms with Crippen molar-refractivity contribution in [2.24, 2.45) is 5.92 Å². The van der Waals surface area contributed by atoms with E-state index in [0.29, 0.717) is 28.5 Å². The third-order valence-electron chi connectivity index (χ3n) is 5.74. The summed E-state index contributed by atoms with van der Waals surface area (Å²) in [5.41, 5.74) is 3.07. The van der Waals surface area contributed by atoms with Gasteiger partial charge in [-0.3, -0.25) is 4.79 Å². The predicted octanol–water partition coefficient (Wildman–Crippen LogP) is 4.67. The van der Waals surface area contributed by atoms with Gasteiger partial charge in [-0.2, -0.15) is 0 Å². The van der Waals surface area contributed by atoms with Gasteiger partial charge in [0, 0.05) is 22.4 Å². The van der Waals surface area contributed by atoms with E-state index in [1.54, 1.807) is 19.3 Å². The van der Waals surface area contributed by atoms with Crippen LogP contribution in [0.4, 0.5) is 0 Å². The quantitative estimate of drug-likeness (QED) is 0.398. The summed E-state index contributed by atoms with van der Waals surface area (Å²) >= 11 is 0. The van der Waals surface area contributed by atoms with Gasteiger partial charge in [0.1, 0.15) is 17.2 Å². The van der Waals surface area contributed by atoms with Gasteiger partial charge < -0.3 is 19.3 Å². The van der Waals surface area contributed by atoms with Gasteiger partial charge in [0.25, 0.3) is 0 Å². The molecule has 2 heterocycles. The number of amides is 1. The lowest BCUT2D eigenvalue weighted by Crippen LogP contribution is -2.42. The molecule has 33 heavy (non-hydrogen) atoms. The highest BCUT2D eigenvalue weighted by molar-refractivity contribution is 6.02. The molecule has 7 nitrogen and oxygen atoms in total. The highest BCUT2D eigenvalue weighted by Gasteiger charge is 2.23. The maximum absolute atomic E-state index is 12.7. The summed E-state index contributed by atoms with van der Waals surface area (Å²) in [4.78, 5) is 36.7. The molecule has 2 aromatic heterocycles. The Balaban J connectivity index is 1.72. The van der Waals surface area contributed by atoms with Crippen LogP contribution in [0.15, 0.2) is 62.4 Å². The molecule has 4 aromatic rings. The number of rotatable bonds is 7. The Kier molecular flexibility index (Phi) is 6.05. The smallest absolute Gasteiger partial charge is 0.340 e. The Bertz CT molecular complexity index is 1400. The third kappa shape index (κ3) is 4.53. The van der Waals surface area contributed by atoms with Crippen LogP contribution in [0.3, 0.4) is 0 Å². The molecule has 0 aliphatic rings. The number of hydrogen-bond acceptors (Lipinski definition) is 5. The molecule has 170 valence electrons. The topological polar surface area (TPSA) is 110 Å². The van der Waals surface area contributed by atoms with E-state index < -0.39 is 23.5 Å².